The maximum atomic E-state index is 12.9. The first-order valence-corrected chi connectivity index (χ1v) is 33.1. The van der Waals surface area contributed by atoms with Crippen molar-refractivity contribution in [2.45, 2.75) is 296 Å². The van der Waals surface area contributed by atoms with Crippen LogP contribution in [-0.2, 0) is 95.6 Å². The van der Waals surface area contributed by atoms with Crippen LogP contribution in [0.2, 0.25) is 0 Å². The second kappa shape index (κ2) is 60.8. The lowest BCUT2D eigenvalue weighted by Gasteiger charge is -2.18. The van der Waals surface area contributed by atoms with Crippen molar-refractivity contribution in [1.82, 2.24) is 16.4 Å². The molecule has 0 aromatic carbocycles. The summed E-state index contributed by atoms with van der Waals surface area (Å²) >= 11 is 0. The third-order valence-corrected chi connectivity index (χ3v) is 13.8. The van der Waals surface area contributed by atoms with Crippen molar-refractivity contribution in [3.05, 3.63) is 0 Å². The van der Waals surface area contributed by atoms with E-state index in [0.29, 0.717) is 122 Å². The zero-order valence-corrected chi connectivity index (χ0v) is 53.8. The Morgan fingerprint density at radius 1 is 0.253 bits per heavy atom. The van der Waals surface area contributed by atoms with Crippen LogP contribution in [-0.4, -0.2) is 125 Å². The van der Waals surface area contributed by atoms with E-state index in [4.69, 9.17) is 42.9 Å². The van der Waals surface area contributed by atoms with Crippen molar-refractivity contribution in [3.8, 4) is 0 Å². The predicted molar refractivity (Wildman–Crippen MR) is 324 cm³/mol. The largest absolute Gasteiger partial charge is 0.469 e. The average Bonchev–Trinajstić information content (AvgIpc) is 3.50. The Bertz CT molecular complexity index is 1820. The lowest BCUT2D eigenvalue weighted by Crippen LogP contribution is -2.30. The molecule has 0 amide bonds. The Kier molecular flexibility index (Phi) is 57.1. The van der Waals surface area contributed by atoms with Gasteiger partial charge in [-0.3, -0.25) is 47.9 Å². The molecule has 0 spiro atoms. The lowest BCUT2D eigenvalue weighted by molar-refractivity contribution is -0.167. The summed E-state index contributed by atoms with van der Waals surface area (Å²) in [5.41, 5.74) is 8.02. The molecule has 23 nitrogen and oxygen atoms in total. The maximum Gasteiger partial charge on any atom is 0.324 e. The summed E-state index contributed by atoms with van der Waals surface area (Å²) in [4.78, 5) is 138. The van der Waals surface area contributed by atoms with Crippen molar-refractivity contribution in [3.63, 3.8) is 0 Å². The van der Waals surface area contributed by atoms with Gasteiger partial charge in [0.2, 0.25) is 0 Å². The molecule has 0 saturated heterocycles. The van der Waals surface area contributed by atoms with Gasteiger partial charge < -0.3 is 47.7 Å². The number of esters is 7. The molecule has 3 N–H and O–H groups in total. The highest BCUT2D eigenvalue weighted by Crippen LogP contribution is 2.15. The van der Waals surface area contributed by atoms with Crippen LogP contribution in [0.15, 0.2) is 0 Å². The molecule has 87 heavy (non-hydrogen) atoms. The summed E-state index contributed by atoms with van der Waals surface area (Å²) in [6.07, 6.45) is 23.5. The third kappa shape index (κ3) is 58.1. The molecule has 0 heterocycles. The normalized spacial score (nSPS) is 11.6. The van der Waals surface area contributed by atoms with Gasteiger partial charge >= 0.3 is 59.7 Å². The van der Waals surface area contributed by atoms with Crippen LogP contribution in [0, 0.1) is 0 Å². The predicted octanol–water partition coefficient (Wildman–Crippen LogP) is 11.4. The van der Waals surface area contributed by atoms with E-state index in [1.54, 1.807) is 0 Å². The number of unbranched alkanes of at least 4 members (excludes halogenated alkanes) is 23. The maximum absolute atomic E-state index is 12.9. The Morgan fingerprint density at radius 2 is 0.448 bits per heavy atom. The van der Waals surface area contributed by atoms with Gasteiger partial charge in [-0.15, -0.1) is 0 Å². The van der Waals surface area contributed by atoms with Crippen LogP contribution in [0.1, 0.15) is 284 Å². The van der Waals surface area contributed by atoms with Gasteiger partial charge in [0.05, 0.1) is 7.11 Å². The van der Waals surface area contributed by atoms with E-state index in [0.717, 1.165) is 122 Å². The van der Waals surface area contributed by atoms with Crippen LogP contribution in [0.3, 0.4) is 0 Å². The monoisotopic (exact) mass is 1240 g/mol. The van der Waals surface area contributed by atoms with Crippen LogP contribution < -0.4 is 16.4 Å². The second-order valence-electron chi connectivity index (χ2n) is 22.0. The second-order valence-corrected chi connectivity index (χ2v) is 22.0. The smallest absolute Gasteiger partial charge is 0.324 e. The number of hydrogen-bond donors (Lipinski definition) is 3. The van der Waals surface area contributed by atoms with Crippen LogP contribution in [0.4, 0.5) is 0 Å². The highest BCUT2D eigenvalue weighted by molar-refractivity contribution is 5.73. The van der Waals surface area contributed by atoms with Crippen LogP contribution in [0.25, 0.3) is 0 Å². The topological polar surface area (TPSA) is 299 Å². The van der Waals surface area contributed by atoms with Gasteiger partial charge in [0.1, 0.15) is 26.4 Å². The van der Waals surface area contributed by atoms with Gasteiger partial charge in [0.25, 0.3) is 0 Å². The molecule has 0 saturated carbocycles. The van der Waals surface area contributed by atoms with E-state index in [1.165, 1.54) is 7.11 Å². The molecule has 0 radical (unpaired) electrons. The minimum Gasteiger partial charge on any atom is -0.469 e. The molecule has 2 atom stereocenters. The quantitative estimate of drug-likeness (QED) is 0.0221. The molecule has 0 aromatic heterocycles. The van der Waals surface area contributed by atoms with Crippen molar-refractivity contribution in [1.29, 1.82) is 0 Å². The standard InChI is InChI=1S/C64H113N3O20/c1-5-8-46-65-85-62(75)43-33-23-13-20-30-40-59(72)82-52-54(84-61(74)42-32-22-15-25-35-45-64(77)87-67-48-10-7-3)51-81-58(71)39-29-19-12-18-28-38-57(70)80-50-53(49-79-56(69)37-27-17-11-16-26-36-55(68)78-4)83-60(73)41-31-21-14-24-34-44-63(76)86-66-47-9-6-2/h53-54,65-67H,5-52H2,1-4H3. The zero-order valence-electron chi connectivity index (χ0n) is 53.8. The summed E-state index contributed by atoms with van der Waals surface area (Å²) in [5, 5.41) is 0. The van der Waals surface area contributed by atoms with E-state index in [-0.39, 0.29) is 88.8 Å². The summed E-state index contributed by atoms with van der Waals surface area (Å²) in [6, 6.07) is 0. The van der Waals surface area contributed by atoms with E-state index in [2.05, 4.69) is 41.9 Å². The molecule has 504 valence electrons. The van der Waals surface area contributed by atoms with Crippen molar-refractivity contribution < 1.29 is 95.6 Å². The number of methoxy groups -OCH3 is 1. The van der Waals surface area contributed by atoms with Gasteiger partial charge in [0, 0.05) is 83.8 Å². The SMILES string of the molecule is CCCCNOC(=O)CCCCCCCC(=O)OCC(COC(=O)CCCCCCCC(=O)OCC(COC(=O)CCCCCCCC(=O)OC)OC(=O)CCCCCCCC(=O)ONCCCC)OC(=O)CCCCCCCC(=O)ONCCCC. The molecule has 0 fully saturated rings. The summed E-state index contributed by atoms with van der Waals surface area (Å²) in [6.45, 7) is 6.90. The van der Waals surface area contributed by atoms with E-state index < -0.39 is 48.0 Å². The fourth-order valence-electron chi connectivity index (χ4n) is 8.50. The van der Waals surface area contributed by atoms with Gasteiger partial charge in [-0.05, 0) is 83.5 Å². The van der Waals surface area contributed by atoms with Crippen LogP contribution >= 0.6 is 0 Å². The first-order valence-electron chi connectivity index (χ1n) is 33.1. The minimum atomic E-state index is -0.997. The molecule has 0 aliphatic carbocycles. The van der Waals surface area contributed by atoms with Crippen molar-refractivity contribution in [2.75, 3.05) is 53.2 Å². The summed E-state index contributed by atoms with van der Waals surface area (Å²) in [7, 11) is 1.36. The van der Waals surface area contributed by atoms with Crippen LogP contribution in [0.5, 0.6) is 0 Å². The van der Waals surface area contributed by atoms with Gasteiger partial charge in [-0.25, -0.2) is 0 Å². The Balaban J connectivity index is 4.95. The van der Waals surface area contributed by atoms with E-state index in [9.17, 15) is 47.9 Å². The highest BCUT2D eigenvalue weighted by Gasteiger charge is 2.22. The third-order valence-electron chi connectivity index (χ3n) is 13.8. The fourth-order valence-corrected chi connectivity index (χ4v) is 8.50. The van der Waals surface area contributed by atoms with Gasteiger partial charge in [-0.2, -0.15) is 16.4 Å². The number of hydroxylamine groups is 3. The van der Waals surface area contributed by atoms with E-state index in [1.807, 2.05) is 0 Å². The molecular formula is C64H113N3O20. The number of nitrogens with one attached hydrogen (secondary N) is 3. The molecule has 0 aromatic rings. The number of rotatable bonds is 62. The number of ether oxygens (including phenoxy) is 7. The Labute approximate surface area is 519 Å². The molecule has 23 heteroatoms. The Morgan fingerprint density at radius 3 is 0.667 bits per heavy atom. The average molecular weight is 1240 g/mol. The summed E-state index contributed by atoms with van der Waals surface area (Å²) < 4.78 is 37.7. The van der Waals surface area contributed by atoms with Gasteiger partial charge in [0.15, 0.2) is 12.2 Å². The number of carbonyl (C=O) groups is 10. The molecule has 2 unspecified atom stereocenters. The Hall–Kier alpha value is -5.42. The molecule has 0 aliphatic rings. The first-order chi connectivity index (χ1) is 42.2. The summed E-state index contributed by atoms with van der Waals surface area (Å²) in [5.74, 6) is -4.09. The molecular weight excluding hydrogens is 1130 g/mol. The lowest BCUT2D eigenvalue weighted by atomic mass is 10.1. The fraction of sp³-hybridized carbons (Fsp3) is 0.844. The zero-order chi connectivity index (χ0) is 64.1. The molecule has 0 aliphatic heterocycles. The molecule has 0 rings (SSSR count). The minimum absolute atomic E-state index is 0.102. The molecule has 0 bridgehead atoms. The van der Waals surface area contributed by atoms with Crippen molar-refractivity contribution >= 4 is 59.7 Å². The number of hydrogen-bond acceptors (Lipinski definition) is 23. The first kappa shape index (κ1) is 81.6. The highest BCUT2D eigenvalue weighted by atomic mass is 16.7. The van der Waals surface area contributed by atoms with Crippen molar-refractivity contribution in [2.24, 2.45) is 0 Å². The van der Waals surface area contributed by atoms with E-state index >= 15 is 0 Å². The number of carbonyl (C=O) groups excluding carboxylic acids is 10. The van der Waals surface area contributed by atoms with Gasteiger partial charge in [-0.1, -0.05) is 136 Å².